The molecule has 1 heterocycles. The molecule has 20 heavy (non-hydrogen) atoms. The van der Waals surface area contributed by atoms with Crippen molar-refractivity contribution in [1.29, 1.82) is 0 Å². The van der Waals surface area contributed by atoms with Crippen molar-refractivity contribution in [1.82, 2.24) is 5.32 Å². The number of para-hydroxylation sites is 1. The van der Waals surface area contributed by atoms with Crippen LogP contribution in [0.2, 0.25) is 0 Å². The summed E-state index contributed by atoms with van der Waals surface area (Å²) in [5.74, 6) is -0.326. The molecule has 0 aliphatic carbocycles. The molecule has 1 amide bonds. The van der Waals surface area contributed by atoms with Crippen LogP contribution < -0.4 is 10.2 Å². The lowest BCUT2D eigenvalue weighted by molar-refractivity contribution is -0.117. The number of fused-ring (bicyclic) bond motifs is 1. The third-order valence-corrected chi connectivity index (χ3v) is 3.46. The van der Waals surface area contributed by atoms with Gasteiger partial charge in [-0.3, -0.25) is 4.79 Å². The molecule has 3 rings (SSSR count). The van der Waals surface area contributed by atoms with E-state index in [1.807, 2.05) is 24.3 Å². The van der Waals surface area contributed by atoms with Crippen molar-refractivity contribution < 1.29 is 9.18 Å². The van der Waals surface area contributed by atoms with Crippen LogP contribution in [0.5, 0.6) is 0 Å². The third-order valence-electron chi connectivity index (χ3n) is 3.46. The summed E-state index contributed by atoms with van der Waals surface area (Å²) in [6, 6.07) is 14.3. The second-order valence-corrected chi connectivity index (χ2v) is 4.80. The van der Waals surface area contributed by atoms with Gasteiger partial charge in [0, 0.05) is 17.8 Å². The summed E-state index contributed by atoms with van der Waals surface area (Å²) in [5.41, 5.74) is 2.43. The fourth-order valence-electron chi connectivity index (χ4n) is 2.43. The van der Waals surface area contributed by atoms with E-state index in [0.29, 0.717) is 12.1 Å². The van der Waals surface area contributed by atoms with Crippen molar-refractivity contribution >= 4 is 11.6 Å². The minimum absolute atomic E-state index is 0.0433. The monoisotopic (exact) mass is 270 g/mol. The highest BCUT2D eigenvalue weighted by Gasteiger charge is 2.22. The molecule has 0 atom stereocenters. The van der Waals surface area contributed by atoms with Crippen molar-refractivity contribution in [3.63, 3.8) is 0 Å². The predicted molar refractivity (Wildman–Crippen MR) is 75.7 cm³/mol. The summed E-state index contributed by atoms with van der Waals surface area (Å²) < 4.78 is 13.8. The van der Waals surface area contributed by atoms with E-state index in [-0.39, 0.29) is 24.8 Å². The molecule has 0 spiro atoms. The lowest BCUT2D eigenvalue weighted by Gasteiger charge is -2.23. The van der Waals surface area contributed by atoms with E-state index in [4.69, 9.17) is 0 Å². The van der Waals surface area contributed by atoms with Gasteiger partial charge in [0.2, 0.25) is 5.91 Å². The molecule has 0 bridgehead atoms. The van der Waals surface area contributed by atoms with Gasteiger partial charge in [0.25, 0.3) is 0 Å². The zero-order chi connectivity index (χ0) is 13.9. The number of carbonyl (C=O) groups excluding carboxylic acids is 1. The zero-order valence-corrected chi connectivity index (χ0v) is 11.0. The van der Waals surface area contributed by atoms with Gasteiger partial charge in [0.05, 0.1) is 13.1 Å². The van der Waals surface area contributed by atoms with Gasteiger partial charge in [-0.1, -0.05) is 36.4 Å². The first-order valence-corrected chi connectivity index (χ1v) is 6.58. The van der Waals surface area contributed by atoms with Crippen molar-refractivity contribution in [2.45, 2.75) is 13.1 Å². The van der Waals surface area contributed by atoms with Crippen molar-refractivity contribution in [3.05, 3.63) is 65.5 Å². The number of carbonyl (C=O) groups is 1. The van der Waals surface area contributed by atoms with Gasteiger partial charge in [-0.05, 0) is 17.7 Å². The Kier molecular flexibility index (Phi) is 3.48. The highest BCUT2D eigenvalue weighted by atomic mass is 19.1. The van der Waals surface area contributed by atoms with E-state index in [9.17, 15) is 9.18 Å². The van der Waals surface area contributed by atoms with Crippen LogP contribution >= 0.6 is 0 Å². The van der Waals surface area contributed by atoms with Crippen molar-refractivity contribution in [3.8, 4) is 0 Å². The molecule has 3 nitrogen and oxygen atoms in total. The molecule has 0 fully saturated rings. The molecular formula is C16H15FN2O. The maximum atomic E-state index is 13.8. The smallest absolute Gasteiger partial charge is 0.241 e. The van der Waals surface area contributed by atoms with E-state index >= 15 is 0 Å². The molecular weight excluding hydrogens is 255 g/mol. The maximum absolute atomic E-state index is 13.8. The Labute approximate surface area is 117 Å². The van der Waals surface area contributed by atoms with Crippen LogP contribution in [0.15, 0.2) is 48.5 Å². The van der Waals surface area contributed by atoms with Gasteiger partial charge in [0.1, 0.15) is 5.82 Å². The molecule has 2 aromatic carbocycles. The first kappa shape index (κ1) is 12.8. The molecule has 0 aromatic heterocycles. The summed E-state index contributed by atoms with van der Waals surface area (Å²) >= 11 is 0. The third kappa shape index (κ3) is 2.42. The molecule has 4 heteroatoms. The second kappa shape index (κ2) is 5.43. The first-order chi connectivity index (χ1) is 9.75. The predicted octanol–water partition coefficient (Wildman–Crippen LogP) is 2.46. The minimum Gasteiger partial charge on any atom is -0.306 e. The summed E-state index contributed by atoms with van der Waals surface area (Å²) in [7, 11) is 0. The Hall–Kier alpha value is -2.20. The Bertz CT molecular complexity index is 642. The summed E-state index contributed by atoms with van der Waals surface area (Å²) in [5, 5.41) is 3.10. The van der Waals surface area contributed by atoms with E-state index < -0.39 is 0 Å². The van der Waals surface area contributed by atoms with Gasteiger partial charge in [-0.2, -0.15) is 0 Å². The summed E-state index contributed by atoms with van der Waals surface area (Å²) in [6.45, 7) is 1.17. The molecule has 0 saturated carbocycles. The molecule has 1 aliphatic heterocycles. The van der Waals surface area contributed by atoms with E-state index in [2.05, 4.69) is 5.32 Å². The number of hydrogen-bond donors (Lipinski definition) is 1. The number of nitrogens with zero attached hydrogens (tertiary/aromatic N) is 1. The number of nitrogens with one attached hydrogen (secondary N) is 1. The molecule has 0 radical (unpaired) electrons. The van der Waals surface area contributed by atoms with Crippen LogP contribution in [-0.4, -0.2) is 12.5 Å². The van der Waals surface area contributed by atoms with E-state index in [0.717, 1.165) is 11.3 Å². The average Bonchev–Trinajstić information content (AvgIpc) is 2.61. The molecule has 1 N–H and O–H groups in total. The quantitative estimate of drug-likeness (QED) is 0.909. The molecule has 1 aliphatic rings. The maximum Gasteiger partial charge on any atom is 0.241 e. The lowest BCUT2D eigenvalue weighted by Crippen LogP contribution is -2.35. The standard InChI is InChI=1S/C16H15FN2O/c17-14-7-3-1-6-13(14)11-19-15-8-4-2-5-12(15)9-18-10-16(19)20/h1-8,18H,9-11H2. The fourth-order valence-corrected chi connectivity index (χ4v) is 2.43. The number of rotatable bonds is 2. The Balaban J connectivity index is 1.98. The number of amides is 1. The summed E-state index contributed by atoms with van der Waals surface area (Å²) in [6.07, 6.45) is 0. The highest BCUT2D eigenvalue weighted by molar-refractivity contribution is 5.96. The van der Waals surface area contributed by atoms with Crippen LogP contribution in [0, 0.1) is 5.82 Å². The minimum atomic E-state index is -0.282. The topological polar surface area (TPSA) is 32.3 Å². The van der Waals surface area contributed by atoms with Crippen molar-refractivity contribution in [2.75, 3.05) is 11.4 Å². The van der Waals surface area contributed by atoms with Crippen molar-refractivity contribution in [2.24, 2.45) is 0 Å². The largest absolute Gasteiger partial charge is 0.306 e. The zero-order valence-electron chi connectivity index (χ0n) is 11.0. The number of halogens is 1. The van der Waals surface area contributed by atoms with E-state index in [1.54, 1.807) is 23.1 Å². The van der Waals surface area contributed by atoms with Gasteiger partial charge in [-0.15, -0.1) is 0 Å². The fraction of sp³-hybridized carbons (Fsp3) is 0.188. The van der Waals surface area contributed by atoms with Crippen LogP contribution in [0.4, 0.5) is 10.1 Å². The Morgan fingerprint density at radius 3 is 2.65 bits per heavy atom. The number of anilines is 1. The molecule has 0 unspecified atom stereocenters. The highest BCUT2D eigenvalue weighted by Crippen LogP contribution is 2.25. The summed E-state index contributed by atoms with van der Waals surface area (Å²) in [4.78, 5) is 13.9. The van der Waals surface area contributed by atoms with Crippen LogP contribution in [-0.2, 0) is 17.9 Å². The second-order valence-electron chi connectivity index (χ2n) is 4.80. The first-order valence-electron chi connectivity index (χ1n) is 6.58. The van der Waals surface area contributed by atoms with Gasteiger partial charge in [0.15, 0.2) is 0 Å². The van der Waals surface area contributed by atoms with Gasteiger partial charge < -0.3 is 10.2 Å². The number of benzene rings is 2. The van der Waals surface area contributed by atoms with E-state index in [1.165, 1.54) is 6.07 Å². The number of hydrogen-bond acceptors (Lipinski definition) is 2. The average molecular weight is 270 g/mol. The molecule has 0 saturated heterocycles. The molecule has 102 valence electrons. The SMILES string of the molecule is O=C1CNCc2ccccc2N1Cc1ccccc1F. The van der Waals surface area contributed by atoms with Gasteiger partial charge in [-0.25, -0.2) is 4.39 Å². The van der Waals surface area contributed by atoms with Crippen LogP contribution in [0.1, 0.15) is 11.1 Å². The van der Waals surface area contributed by atoms with Crippen LogP contribution in [0.3, 0.4) is 0 Å². The Morgan fingerprint density at radius 2 is 1.80 bits per heavy atom. The van der Waals surface area contributed by atoms with Crippen LogP contribution in [0.25, 0.3) is 0 Å². The van der Waals surface area contributed by atoms with Gasteiger partial charge >= 0.3 is 0 Å². The lowest BCUT2D eigenvalue weighted by atomic mass is 10.1. The molecule has 2 aromatic rings. The normalized spacial score (nSPS) is 14.8. The Morgan fingerprint density at radius 1 is 1.05 bits per heavy atom.